The van der Waals surface area contributed by atoms with Crippen LogP contribution in [0.25, 0.3) is 11.2 Å². The van der Waals surface area contributed by atoms with Gasteiger partial charge in [-0.15, -0.1) is 0 Å². The predicted octanol–water partition coefficient (Wildman–Crippen LogP) is -0.678. The van der Waals surface area contributed by atoms with Crippen LogP contribution in [0.5, 0.6) is 0 Å². The minimum atomic E-state index is -0.942. The van der Waals surface area contributed by atoms with Gasteiger partial charge in [0.2, 0.25) is 11.7 Å². The van der Waals surface area contributed by atoms with Crippen LogP contribution in [0.1, 0.15) is 28.8 Å². The number of aromatic nitrogens is 5. The molecule has 1 aliphatic heterocycles. The molecular weight excluding hydrogens is 428 g/mol. The molecule has 0 saturated carbocycles. The summed E-state index contributed by atoms with van der Waals surface area (Å²) in [5.74, 6) is 5.34. The average molecular weight is 450 g/mol. The van der Waals surface area contributed by atoms with Gasteiger partial charge < -0.3 is 25.8 Å². The number of rotatable bonds is 4. The molecule has 12 heteroatoms. The van der Waals surface area contributed by atoms with E-state index in [1.54, 1.807) is 25.4 Å². The van der Waals surface area contributed by atoms with Crippen molar-refractivity contribution in [2.45, 2.75) is 24.9 Å². The number of aliphatic hydroxyl groups excluding tert-OH is 1. The fraction of sp³-hybridized carbons (Fsp3) is 0.333. The van der Waals surface area contributed by atoms with Crippen molar-refractivity contribution in [2.75, 3.05) is 26.4 Å². The number of carbonyl (C=O) groups is 2. The number of fused-ring (bicyclic) bond motifs is 1. The fourth-order valence-corrected chi connectivity index (χ4v) is 3.43. The zero-order chi connectivity index (χ0) is 23.5. The molecule has 0 aliphatic carbocycles. The van der Waals surface area contributed by atoms with E-state index in [-0.39, 0.29) is 36.4 Å². The fourth-order valence-electron chi connectivity index (χ4n) is 3.43. The number of nitrogen functional groups attached to an aromatic ring is 1. The summed E-state index contributed by atoms with van der Waals surface area (Å²) in [5.41, 5.74) is 7.12. The molecule has 170 valence electrons. The molecule has 2 unspecified atom stereocenters. The molecule has 1 aliphatic rings. The summed E-state index contributed by atoms with van der Waals surface area (Å²) < 4.78 is 7.22. The highest BCUT2D eigenvalue weighted by molar-refractivity contribution is 5.93. The third-order valence-electron chi connectivity index (χ3n) is 5.12. The van der Waals surface area contributed by atoms with Gasteiger partial charge in [0, 0.05) is 32.9 Å². The van der Waals surface area contributed by atoms with Crippen LogP contribution in [0.2, 0.25) is 0 Å². The number of carbonyl (C=O) groups excluding carboxylic acids is 2. The van der Waals surface area contributed by atoms with Crippen molar-refractivity contribution in [3.05, 3.63) is 42.2 Å². The van der Waals surface area contributed by atoms with E-state index in [1.165, 1.54) is 29.0 Å². The number of amides is 2. The van der Waals surface area contributed by atoms with Gasteiger partial charge in [0.1, 0.15) is 17.7 Å². The number of likely N-dealkylation sites (N-methyl/N-ethyl adjacent to an activating group) is 1. The first-order chi connectivity index (χ1) is 15.9. The van der Waals surface area contributed by atoms with Crippen LogP contribution in [0.4, 0.5) is 5.82 Å². The van der Waals surface area contributed by atoms with E-state index >= 15 is 0 Å². The molecule has 33 heavy (non-hydrogen) atoms. The maximum atomic E-state index is 12.4. The normalized spacial score (nSPS) is 19.7. The maximum Gasteiger partial charge on any atom is 0.255 e. The topological polar surface area (TPSA) is 161 Å². The smallest absolute Gasteiger partial charge is 0.255 e. The minimum absolute atomic E-state index is 0.109. The van der Waals surface area contributed by atoms with E-state index in [9.17, 15) is 14.7 Å². The molecule has 4 rings (SSSR count). The van der Waals surface area contributed by atoms with Crippen molar-refractivity contribution in [3.8, 4) is 11.8 Å². The highest BCUT2D eigenvalue weighted by atomic mass is 16.5. The molecular formula is C21H22N8O4. The first kappa shape index (κ1) is 22.1. The number of nitrogens with zero attached hydrogens (tertiary/aromatic N) is 6. The highest BCUT2D eigenvalue weighted by Crippen LogP contribution is 2.31. The number of hydrogen-bond acceptors (Lipinski definition) is 9. The van der Waals surface area contributed by atoms with Crippen molar-refractivity contribution >= 4 is 28.8 Å². The number of aliphatic hydroxyl groups is 1. The number of ether oxygens (including phenoxy) is 1. The van der Waals surface area contributed by atoms with Gasteiger partial charge in [0.15, 0.2) is 17.7 Å². The standard InChI is InChI=1S/C21H22N8O4/c1-23-19(31)14-9-13(30)21(33-14)29-11-25-16-17(22)26-15(27-18(16)29)6-4-8-28(2)20(32)12-5-3-7-24-10-12/h3,5,7,10-11,13-14,21,30H,8-9H2,1-2H3,(H,23,31)(H2,22,26,27)/t13?,14-,21?/m0/s1. The Morgan fingerprint density at radius 1 is 1.42 bits per heavy atom. The Balaban J connectivity index is 1.55. The Bertz CT molecular complexity index is 1250. The molecule has 3 aromatic rings. The molecule has 1 fully saturated rings. The zero-order valence-corrected chi connectivity index (χ0v) is 18.0. The first-order valence-corrected chi connectivity index (χ1v) is 10.1. The first-order valence-electron chi connectivity index (χ1n) is 10.1. The van der Waals surface area contributed by atoms with Gasteiger partial charge in [-0.1, -0.05) is 5.92 Å². The molecule has 0 radical (unpaired) electrons. The molecule has 12 nitrogen and oxygen atoms in total. The number of imidazole rings is 1. The van der Waals surface area contributed by atoms with Gasteiger partial charge in [0.05, 0.1) is 18.4 Å². The zero-order valence-electron chi connectivity index (χ0n) is 18.0. The van der Waals surface area contributed by atoms with Crippen LogP contribution < -0.4 is 11.1 Å². The maximum absolute atomic E-state index is 12.4. The summed E-state index contributed by atoms with van der Waals surface area (Å²) in [6.07, 6.45) is 2.03. The van der Waals surface area contributed by atoms with Crippen LogP contribution >= 0.6 is 0 Å². The molecule has 0 bridgehead atoms. The molecule has 3 atom stereocenters. The Morgan fingerprint density at radius 2 is 2.24 bits per heavy atom. The van der Waals surface area contributed by atoms with Crippen LogP contribution in [0.3, 0.4) is 0 Å². The van der Waals surface area contributed by atoms with E-state index in [0.717, 1.165) is 0 Å². The Kier molecular flexibility index (Phi) is 6.16. The van der Waals surface area contributed by atoms with Gasteiger partial charge >= 0.3 is 0 Å². The third-order valence-corrected chi connectivity index (χ3v) is 5.12. The van der Waals surface area contributed by atoms with Gasteiger partial charge in [-0.2, -0.15) is 0 Å². The van der Waals surface area contributed by atoms with Gasteiger partial charge in [-0.05, 0) is 18.1 Å². The van der Waals surface area contributed by atoms with E-state index in [4.69, 9.17) is 10.5 Å². The van der Waals surface area contributed by atoms with Crippen molar-refractivity contribution in [1.82, 2.24) is 34.7 Å². The Morgan fingerprint density at radius 3 is 2.97 bits per heavy atom. The second-order valence-electron chi connectivity index (χ2n) is 7.39. The summed E-state index contributed by atoms with van der Waals surface area (Å²) in [6, 6.07) is 3.36. The Hall–Kier alpha value is -4.08. The largest absolute Gasteiger partial charge is 0.388 e. The predicted molar refractivity (Wildman–Crippen MR) is 116 cm³/mol. The molecule has 2 amide bonds. The molecule has 1 saturated heterocycles. The van der Waals surface area contributed by atoms with Crippen LogP contribution in [-0.4, -0.2) is 79.2 Å². The number of nitrogens with two attached hydrogens (primary N) is 1. The molecule has 4 heterocycles. The number of hydrogen-bond donors (Lipinski definition) is 3. The van der Waals surface area contributed by atoms with Gasteiger partial charge in [-0.3, -0.25) is 19.1 Å². The minimum Gasteiger partial charge on any atom is -0.388 e. The lowest BCUT2D eigenvalue weighted by molar-refractivity contribution is -0.134. The van der Waals surface area contributed by atoms with Crippen molar-refractivity contribution in [2.24, 2.45) is 0 Å². The van der Waals surface area contributed by atoms with Gasteiger partial charge in [0.25, 0.3) is 5.91 Å². The van der Waals surface area contributed by atoms with Crippen molar-refractivity contribution < 1.29 is 19.4 Å². The summed E-state index contributed by atoms with van der Waals surface area (Å²) in [5, 5.41) is 12.9. The number of nitrogens with one attached hydrogen (secondary N) is 1. The number of anilines is 1. The molecule has 0 spiro atoms. The lowest BCUT2D eigenvalue weighted by atomic mass is 10.2. The van der Waals surface area contributed by atoms with Crippen molar-refractivity contribution in [3.63, 3.8) is 0 Å². The molecule has 0 aromatic carbocycles. The summed E-state index contributed by atoms with van der Waals surface area (Å²) in [6.45, 7) is 0.131. The number of pyridine rings is 1. The third kappa shape index (κ3) is 4.45. The Labute approximate surface area is 188 Å². The summed E-state index contributed by atoms with van der Waals surface area (Å²) in [7, 11) is 3.12. The average Bonchev–Trinajstić information content (AvgIpc) is 3.42. The lowest BCUT2D eigenvalue weighted by Gasteiger charge is -2.16. The second-order valence-corrected chi connectivity index (χ2v) is 7.39. The summed E-state index contributed by atoms with van der Waals surface area (Å²) >= 11 is 0. The van der Waals surface area contributed by atoms with E-state index < -0.39 is 18.4 Å². The molecule has 4 N–H and O–H groups in total. The quantitative estimate of drug-likeness (QED) is 0.437. The van der Waals surface area contributed by atoms with Crippen LogP contribution in [-0.2, 0) is 9.53 Å². The van der Waals surface area contributed by atoms with Gasteiger partial charge in [-0.25, -0.2) is 15.0 Å². The monoisotopic (exact) mass is 450 g/mol. The highest BCUT2D eigenvalue weighted by Gasteiger charge is 2.39. The van der Waals surface area contributed by atoms with E-state index in [2.05, 4.69) is 37.1 Å². The van der Waals surface area contributed by atoms with E-state index in [1.807, 2.05) is 0 Å². The molecule has 3 aromatic heterocycles. The van der Waals surface area contributed by atoms with Crippen LogP contribution in [0, 0.1) is 11.8 Å². The van der Waals surface area contributed by atoms with E-state index in [0.29, 0.717) is 16.7 Å². The van der Waals surface area contributed by atoms with Crippen LogP contribution in [0.15, 0.2) is 30.9 Å². The summed E-state index contributed by atoms with van der Waals surface area (Å²) in [4.78, 5) is 42.4. The SMILES string of the molecule is CNC(=O)[C@@H]1CC(O)C(n2cnc3c(N)nc(C#CCN(C)C(=O)c4cccnc4)nc32)O1. The van der Waals surface area contributed by atoms with Crippen molar-refractivity contribution in [1.29, 1.82) is 0 Å². The second kappa shape index (κ2) is 9.19. The lowest BCUT2D eigenvalue weighted by Crippen LogP contribution is -2.31.